The summed E-state index contributed by atoms with van der Waals surface area (Å²) in [5, 5.41) is 4.29. The first-order valence-electron chi connectivity index (χ1n) is 5.90. The van der Waals surface area contributed by atoms with Crippen LogP contribution in [0.15, 0.2) is 24.4 Å². The van der Waals surface area contributed by atoms with Crippen molar-refractivity contribution in [2.24, 2.45) is 0 Å². The van der Waals surface area contributed by atoms with Gasteiger partial charge in [-0.05, 0) is 24.6 Å². The van der Waals surface area contributed by atoms with Crippen LogP contribution in [-0.2, 0) is 6.54 Å². The second kappa shape index (κ2) is 5.16. The minimum absolute atomic E-state index is 0.470. The number of aryl methyl sites for hydroxylation is 1. The third kappa shape index (κ3) is 2.50. The third-order valence-electron chi connectivity index (χ3n) is 2.72. The highest BCUT2D eigenvalue weighted by Crippen LogP contribution is 2.25. The molecule has 0 radical (unpaired) electrons. The lowest BCUT2D eigenvalue weighted by Crippen LogP contribution is -1.98. The van der Waals surface area contributed by atoms with Crippen molar-refractivity contribution in [3.05, 3.63) is 36.0 Å². The van der Waals surface area contributed by atoms with Crippen LogP contribution < -0.4 is 5.73 Å². The van der Waals surface area contributed by atoms with Crippen LogP contribution in [0.25, 0.3) is 11.3 Å². The van der Waals surface area contributed by atoms with Crippen molar-refractivity contribution in [2.45, 2.75) is 26.3 Å². The summed E-state index contributed by atoms with van der Waals surface area (Å²) < 4.78 is 27.7. The maximum absolute atomic E-state index is 13.2. The van der Waals surface area contributed by atoms with E-state index >= 15 is 0 Å². The Morgan fingerprint density at radius 2 is 2.06 bits per heavy atom. The fraction of sp³-hybridized carbons (Fsp3) is 0.308. The maximum Gasteiger partial charge on any atom is 0.159 e. The van der Waals surface area contributed by atoms with Crippen molar-refractivity contribution >= 4 is 5.69 Å². The molecular weight excluding hydrogens is 236 g/mol. The summed E-state index contributed by atoms with van der Waals surface area (Å²) >= 11 is 0. The average molecular weight is 251 g/mol. The molecule has 3 nitrogen and oxygen atoms in total. The van der Waals surface area contributed by atoms with Gasteiger partial charge in [0.25, 0.3) is 0 Å². The van der Waals surface area contributed by atoms with Gasteiger partial charge in [-0.1, -0.05) is 13.3 Å². The molecule has 96 valence electrons. The lowest BCUT2D eigenvalue weighted by Gasteiger charge is -2.00. The second-order valence-corrected chi connectivity index (χ2v) is 4.18. The van der Waals surface area contributed by atoms with Crippen LogP contribution in [0.4, 0.5) is 14.5 Å². The molecule has 0 atom stereocenters. The summed E-state index contributed by atoms with van der Waals surface area (Å²) in [5.74, 6) is -1.77. The average Bonchev–Trinajstić information content (AvgIpc) is 2.71. The first-order chi connectivity index (χ1) is 8.61. The van der Waals surface area contributed by atoms with Gasteiger partial charge in [-0.25, -0.2) is 8.78 Å². The highest BCUT2D eigenvalue weighted by atomic mass is 19.2. The van der Waals surface area contributed by atoms with Gasteiger partial charge in [0.2, 0.25) is 0 Å². The van der Waals surface area contributed by atoms with Gasteiger partial charge in [0.15, 0.2) is 11.6 Å². The third-order valence-corrected chi connectivity index (χ3v) is 2.72. The SMILES string of the molecule is CCCCn1cc(N)c(-c2ccc(F)c(F)c2)n1. The van der Waals surface area contributed by atoms with E-state index in [9.17, 15) is 8.78 Å². The first-order valence-corrected chi connectivity index (χ1v) is 5.90. The number of nitrogens with zero attached hydrogens (tertiary/aromatic N) is 2. The van der Waals surface area contributed by atoms with Gasteiger partial charge in [0.05, 0.1) is 5.69 Å². The van der Waals surface area contributed by atoms with E-state index in [4.69, 9.17) is 5.73 Å². The molecule has 0 aliphatic rings. The number of anilines is 1. The summed E-state index contributed by atoms with van der Waals surface area (Å²) in [6.45, 7) is 2.85. The van der Waals surface area contributed by atoms with Crippen LogP contribution in [0, 0.1) is 11.6 Å². The highest BCUT2D eigenvalue weighted by Gasteiger charge is 2.11. The summed E-state index contributed by atoms with van der Waals surface area (Å²) in [5.41, 5.74) is 7.28. The van der Waals surface area contributed by atoms with Crippen molar-refractivity contribution in [1.82, 2.24) is 9.78 Å². The van der Waals surface area contributed by atoms with E-state index in [1.54, 1.807) is 10.9 Å². The molecule has 0 aliphatic heterocycles. The monoisotopic (exact) mass is 251 g/mol. The molecule has 5 heteroatoms. The van der Waals surface area contributed by atoms with Crippen LogP contribution in [-0.4, -0.2) is 9.78 Å². The number of rotatable bonds is 4. The number of nitrogen functional groups attached to an aromatic ring is 1. The fourth-order valence-corrected chi connectivity index (χ4v) is 1.74. The van der Waals surface area contributed by atoms with E-state index in [0.29, 0.717) is 16.9 Å². The standard InChI is InChI=1S/C13H15F2N3/c1-2-3-6-18-8-12(16)13(17-18)9-4-5-10(14)11(15)7-9/h4-5,7-8H,2-3,6,16H2,1H3. The van der Waals surface area contributed by atoms with E-state index in [2.05, 4.69) is 12.0 Å². The summed E-state index contributed by atoms with van der Waals surface area (Å²) in [6, 6.07) is 3.66. The Hall–Kier alpha value is -1.91. The normalized spacial score (nSPS) is 10.8. The van der Waals surface area contributed by atoms with Gasteiger partial charge in [-0.3, -0.25) is 4.68 Å². The summed E-state index contributed by atoms with van der Waals surface area (Å²) in [6.07, 6.45) is 3.77. The molecule has 0 fully saturated rings. The lowest BCUT2D eigenvalue weighted by atomic mass is 10.1. The van der Waals surface area contributed by atoms with Crippen LogP contribution in [0.2, 0.25) is 0 Å². The van der Waals surface area contributed by atoms with Gasteiger partial charge < -0.3 is 5.73 Å². The zero-order valence-electron chi connectivity index (χ0n) is 10.2. The Kier molecular flexibility index (Phi) is 3.60. The quantitative estimate of drug-likeness (QED) is 0.906. The number of nitrogens with two attached hydrogens (primary N) is 1. The molecule has 0 saturated carbocycles. The Balaban J connectivity index is 2.32. The predicted octanol–water partition coefficient (Wildman–Crippen LogP) is 3.21. The van der Waals surface area contributed by atoms with E-state index in [1.165, 1.54) is 6.07 Å². The number of hydrogen-bond acceptors (Lipinski definition) is 2. The largest absolute Gasteiger partial charge is 0.396 e. The van der Waals surface area contributed by atoms with Crippen LogP contribution in [0.3, 0.4) is 0 Å². The zero-order chi connectivity index (χ0) is 13.1. The molecule has 2 aromatic rings. The molecule has 0 aliphatic carbocycles. The number of aromatic nitrogens is 2. The van der Waals surface area contributed by atoms with E-state index in [1.807, 2.05) is 0 Å². The smallest absolute Gasteiger partial charge is 0.159 e. The van der Waals surface area contributed by atoms with Gasteiger partial charge in [0.1, 0.15) is 5.69 Å². The number of unbranched alkanes of at least 4 members (excludes halogenated alkanes) is 1. The minimum Gasteiger partial charge on any atom is -0.396 e. The summed E-state index contributed by atoms with van der Waals surface area (Å²) in [4.78, 5) is 0. The van der Waals surface area contributed by atoms with Gasteiger partial charge in [-0.2, -0.15) is 5.10 Å². The second-order valence-electron chi connectivity index (χ2n) is 4.18. The van der Waals surface area contributed by atoms with Crippen LogP contribution >= 0.6 is 0 Å². The van der Waals surface area contributed by atoms with Crippen molar-refractivity contribution in [3.8, 4) is 11.3 Å². The predicted molar refractivity (Wildman–Crippen MR) is 66.9 cm³/mol. The molecule has 2 N–H and O–H groups in total. The number of hydrogen-bond donors (Lipinski definition) is 1. The van der Waals surface area contributed by atoms with Crippen molar-refractivity contribution in [1.29, 1.82) is 0 Å². The van der Waals surface area contributed by atoms with Crippen molar-refractivity contribution < 1.29 is 8.78 Å². The number of halogens is 2. The Bertz CT molecular complexity index is 549. The molecule has 1 heterocycles. The molecule has 2 rings (SSSR count). The lowest BCUT2D eigenvalue weighted by molar-refractivity contribution is 0.509. The van der Waals surface area contributed by atoms with Crippen LogP contribution in [0.5, 0.6) is 0 Å². The number of benzene rings is 1. The molecule has 1 aromatic carbocycles. The topological polar surface area (TPSA) is 43.8 Å². The molecule has 0 unspecified atom stereocenters. The Labute approximate surface area is 104 Å². The molecule has 1 aromatic heterocycles. The molecule has 18 heavy (non-hydrogen) atoms. The van der Waals surface area contributed by atoms with Crippen LogP contribution in [0.1, 0.15) is 19.8 Å². The molecular formula is C13H15F2N3. The first kappa shape index (κ1) is 12.5. The van der Waals surface area contributed by atoms with E-state index < -0.39 is 11.6 Å². The van der Waals surface area contributed by atoms with Gasteiger partial charge in [-0.15, -0.1) is 0 Å². The molecule has 0 amide bonds. The van der Waals surface area contributed by atoms with E-state index in [0.717, 1.165) is 31.5 Å². The molecule has 0 spiro atoms. The highest BCUT2D eigenvalue weighted by molar-refractivity contribution is 5.71. The minimum atomic E-state index is -0.894. The zero-order valence-corrected chi connectivity index (χ0v) is 10.2. The Morgan fingerprint density at radius 3 is 2.72 bits per heavy atom. The van der Waals surface area contributed by atoms with Crippen molar-refractivity contribution in [2.75, 3.05) is 5.73 Å². The van der Waals surface area contributed by atoms with Gasteiger partial charge >= 0.3 is 0 Å². The maximum atomic E-state index is 13.2. The van der Waals surface area contributed by atoms with Gasteiger partial charge in [0, 0.05) is 18.3 Å². The Morgan fingerprint density at radius 1 is 1.28 bits per heavy atom. The van der Waals surface area contributed by atoms with E-state index in [-0.39, 0.29) is 0 Å². The molecule has 0 saturated heterocycles. The van der Waals surface area contributed by atoms with Crippen molar-refractivity contribution in [3.63, 3.8) is 0 Å². The molecule has 0 bridgehead atoms. The fourth-order valence-electron chi connectivity index (χ4n) is 1.74. The summed E-state index contributed by atoms with van der Waals surface area (Å²) in [7, 11) is 0.